The van der Waals surface area contributed by atoms with Gasteiger partial charge in [-0.05, 0) is 75.5 Å². The third-order valence-corrected chi connectivity index (χ3v) is 7.32. The minimum atomic E-state index is -1.85. The molecule has 1 unspecified atom stereocenters. The number of rotatable bonds is 9. The van der Waals surface area contributed by atoms with Gasteiger partial charge >= 0.3 is 0 Å². The lowest BCUT2D eigenvalue weighted by Crippen LogP contribution is -2.40. The van der Waals surface area contributed by atoms with E-state index in [4.69, 9.17) is 26.6 Å². The quantitative estimate of drug-likeness (QED) is 0.437. The van der Waals surface area contributed by atoms with Crippen LogP contribution < -0.4 is 16.0 Å². The van der Waals surface area contributed by atoms with Crippen LogP contribution in [-0.2, 0) is 9.47 Å². The van der Waals surface area contributed by atoms with Gasteiger partial charge in [0, 0.05) is 59.4 Å². The Balaban J connectivity index is 1.19. The summed E-state index contributed by atoms with van der Waals surface area (Å²) in [5.74, 6) is 0.555. The van der Waals surface area contributed by atoms with Gasteiger partial charge < -0.3 is 25.4 Å². The van der Waals surface area contributed by atoms with E-state index in [2.05, 4.69) is 25.9 Å². The van der Waals surface area contributed by atoms with Gasteiger partial charge in [-0.15, -0.1) is 0 Å². The summed E-state index contributed by atoms with van der Waals surface area (Å²) in [6, 6.07) is 8.11. The van der Waals surface area contributed by atoms with Gasteiger partial charge in [0.25, 0.3) is 0 Å². The number of nitrogens with one attached hydrogen (secondary N) is 3. The molecule has 0 amide bonds. The number of anilines is 2. The first kappa shape index (κ1) is 20.2. The molecule has 2 aromatic rings. The summed E-state index contributed by atoms with van der Waals surface area (Å²) >= 11 is 6.52. The SMILES string of the molecule is [2H]C1([2H])CC(C([2H])([2H])Nc2cccc(-c3cc(NC4CCC(NC[C@@H]5CCCO5)CC4)ncc3Cl)n2)CCO1. The Labute approximate surface area is 219 Å². The van der Waals surface area contributed by atoms with Crippen molar-refractivity contribution in [2.45, 2.75) is 69.6 Å². The fourth-order valence-corrected chi connectivity index (χ4v) is 5.16. The molecule has 2 saturated heterocycles. The number of aromatic nitrogens is 2. The Bertz CT molecular complexity index is 1110. The van der Waals surface area contributed by atoms with Crippen LogP contribution in [0.3, 0.4) is 0 Å². The molecule has 0 aromatic carbocycles. The monoisotopic (exact) mass is 503 g/mol. The third kappa shape index (κ3) is 7.06. The number of halogens is 1. The average Bonchev–Trinajstić information content (AvgIpc) is 3.43. The van der Waals surface area contributed by atoms with Crippen molar-refractivity contribution in [3.8, 4) is 11.3 Å². The zero-order valence-electron chi connectivity index (χ0n) is 24.1. The van der Waals surface area contributed by atoms with Crippen LogP contribution in [0.2, 0.25) is 5.02 Å². The van der Waals surface area contributed by atoms with Gasteiger partial charge in [-0.1, -0.05) is 17.7 Å². The van der Waals surface area contributed by atoms with E-state index in [0.717, 1.165) is 51.1 Å². The van der Waals surface area contributed by atoms with Crippen molar-refractivity contribution in [3.05, 3.63) is 35.5 Å². The highest BCUT2D eigenvalue weighted by atomic mass is 35.5. The van der Waals surface area contributed by atoms with Crippen LogP contribution in [0.25, 0.3) is 11.3 Å². The second-order valence-electron chi connectivity index (χ2n) is 9.65. The Morgan fingerprint density at radius 2 is 1.94 bits per heavy atom. The van der Waals surface area contributed by atoms with Crippen molar-refractivity contribution >= 4 is 23.2 Å². The summed E-state index contributed by atoms with van der Waals surface area (Å²) in [4.78, 5) is 9.13. The van der Waals surface area contributed by atoms with Crippen molar-refractivity contribution in [1.82, 2.24) is 15.3 Å². The number of hydrogen-bond acceptors (Lipinski definition) is 7. The molecule has 7 nitrogen and oxygen atoms in total. The van der Waals surface area contributed by atoms with Gasteiger partial charge in [-0.3, -0.25) is 0 Å². The van der Waals surface area contributed by atoms with Crippen molar-refractivity contribution in [2.24, 2.45) is 5.92 Å². The molecule has 3 N–H and O–H groups in total. The zero-order chi connectivity index (χ0) is 27.5. The first-order valence-electron chi connectivity index (χ1n) is 14.8. The molecule has 1 aliphatic carbocycles. The first-order valence-corrected chi connectivity index (χ1v) is 13.2. The molecule has 0 radical (unpaired) electrons. The molecule has 3 aliphatic rings. The lowest BCUT2D eigenvalue weighted by molar-refractivity contribution is 0.0699. The molecule has 3 fully saturated rings. The summed E-state index contributed by atoms with van der Waals surface area (Å²) in [7, 11) is 0. The van der Waals surface area contributed by atoms with Crippen LogP contribution in [0.1, 0.15) is 56.8 Å². The van der Waals surface area contributed by atoms with E-state index in [1.165, 1.54) is 6.42 Å². The largest absolute Gasteiger partial charge is 0.381 e. The van der Waals surface area contributed by atoms with Crippen molar-refractivity contribution in [2.75, 3.05) is 43.4 Å². The highest BCUT2D eigenvalue weighted by Crippen LogP contribution is 2.30. The Hall–Kier alpha value is -1.93. The molecular formula is C27H38ClN5O2. The number of hydrogen-bond donors (Lipinski definition) is 3. The first-order chi connectivity index (χ1) is 18.7. The van der Waals surface area contributed by atoms with Gasteiger partial charge in [-0.2, -0.15) is 0 Å². The predicted molar refractivity (Wildman–Crippen MR) is 141 cm³/mol. The minimum Gasteiger partial charge on any atom is -0.381 e. The molecule has 2 aromatic heterocycles. The molecule has 5 rings (SSSR count). The Kier molecular flexibility index (Phi) is 7.11. The number of pyridine rings is 2. The fourth-order valence-electron chi connectivity index (χ4n) is 4.96. The summed E-state index contributed by atoms with van der Waals surface area (Å²) in [6.45, 7) is -1.67. The minimum absolute atomic E-state index is 0.0230. The van der Waals surface area contributed by atoms with Crippen LogP contribution in [0.15, 0.2) is 30.5 Å². The van der Waals surface area contributed by atoms with Gasteiger partial charge in [0.2, 0.25) is 0 Å². The van der Waals surface area contributed by atoms with E-state index < -0.39 is 19.0 Å². The zero-order valence-corrected chi connectivity index (χ0v) is 20.8. The molecule has 0 bridgehead atoms. The van der Waals surface area contributed by atoms with Crippen LogP contribution in [0.4, 0.5) is 11.6 Å². The van der Waals surface area contributed by atoms with E-state index >= 15 is 0 Å². The molecule has 0 spiro atoms. The second kappa shape index (κ2) is 12.3. The van der Waals surface area contributed by atoms with Gasteiger partial charge in [0.1, 0.15) is 11.6 Å². The topological polar surface area (TPSA) is 80.3 Å². The molecule has 2 atom stereocenters. The van der Waals surface area contributed by atoms with Gasteiger partial charge in [0.05, 0.1) is 19.6 Å². The van der Waals surface area contributed by atoms with Gasteiger partial charge in [0.15, 0.2) is 0 Å². The molecule has 4 heterocycles. The normalized spacial score (nSPS) is 30.5. The standard InChI is InChI=1S/C27H38ClN5O2/c28-24-18-31-27(32-21-8-6-20(7-9-21)29-17-22-3-2-12-35-22)15-23(24)25-4-1-5-26(33-25)30-16-19-10-13-34-14-11-19/h1,4-5,15,18-22,29H,2-3,6-14,16-17H2,(H,30,33)(H,31,32)/t20?,21?,22-/m0/s1/i13D2,16D2/t19?,20?,21?,22-. The number of nitrogens with zero attached hydrogens (tertiary/aromatic N) is 2. The maximum absolute atomic E-state index is 8.55. The van der Waals surface area contributed by atoms with E-state index in [1.807, 2.05) is 12.1 Å². The predicted octanol–water partition coefficient (Wildman–Crippen LogP) is 5.13. The van der Waals surface area contributed by atoms with Crippen LogP contribution in [0, 0.1) is 5.92 Å². The van der Waals surface area contributed by atoms with Crippen LogP contribution in [-0.4, -0.2) is 61.0 Å². The van der Waals surface area contributed by atoms with Crippen molar-refractivity contribution in [1.29, 1.82) is 0 Å². The molecule has 2 aliphatic heterocycles. The maximum Gasteiger partial charge on any atom is 0.126 e. The Morgan fingerprint density at radius 3 is 2.77 bits per heavy atom. The van der Waals surface area contributed by atoms with E-state index in [0.29, 0.717) is 46.7 Å². The summed E-state index contributed by atoms with van der Waals surface area (Å²) in [5.41, 5.74) is 1.32. The molecule has 1 saturated carbocycles. The molecule has 35 heavy (non-hydrogen) atoms. The summed E-state index contributed by atoms with van der Waals surface area (Å²) < 4.78 is 43.7. The lowest BCUT2D eigenvalue weighted by atomic mass is 9.91. The Morgan fingerprint density at radius 1 is 1.06 bits per heavy atom. The highest BCUT2D eigenvalue weighted by Gasteiger charge is 2.23. The average molecular weight is 504 g/mol. The highest BCUT2D eigenvalue weighted by molar-refractivity contribution is 6.33. The van der Waals surface area contributed by atoms with Crippen LogP contribution >= 0.6 is 11.6 Å². The van der Waals surface area contributed by atoms with E-state index in [9.17, 15) is 0 Å². The third-order valence-electron chi connectivity index (χ3n) is 7.02. The van der Waals surface area contributed by atoms with E-state index in [-0.39, 0.29) is 13.0 Å². The summed E-state index contributed by atoms with van der Waals surface area (Å²) in [6.07, 6.45) is 9.05. The lowest BCUT2D eigenvalue weighted by Gasteiger charge is -2.30. The van der Waals surface area contributed by atoms with Crippen molar-refractivity contribution in [3.63, 3.8) is 0 Å². The van der Waals surface area contributed by atoms with Gasteiger partial charge in [-0.25, -0.2) is 9.97 Å². The maximum atomic E-state index is 8.55. The molecule has 190 valence electrons. The molecular weight excluding hydrogens is 462 g/mol. The molecule has 8 heteroatoms. The second-order valence-corrected chi connectivity index (χ2v) is 10.1. The smallest absolute Gasteiger partial charge is 0.126 e. The van der Waals surface area contributed by atoms with Crippen LogP contribution in [0.5, 0.6) is 0 Å². The number of ether oxygens (including phenoxy) is 2. The fraction of sp³-hybridized carbons (Fsp3) is 0.630. The van der Waals surface area contributed by atoms with E-state index in [1.54, 1.807) is 18.3 Å². The van der Waals surface area contributed by atoms with Crippen molar-refractivity contribution < 1.29 is 15.0 Å². The summed E-state index contributed by atoms with van der Waals surface area (Å²) in [5, 5.41) is 10.6.